The fourth-order valence-corrected chi connectivity index (χ4v) is 3.97. The zero-order valence-corrected chi connectivity index (χ0v) is 18.5. The second-order valence-electron chi connectivity index (χ2n) is 7.64. The molecule has 4 rings (SSSR count). The average Bonchev–Trinajstić information content (AvgIpc) is 3.23. The summed E-state index contributed by atoms with van der Waals surface area (Å²) in [6.07, 6.45) is 1.79. The van der Waals surface area contributed by atoms with Crippen LogP contribution in [0, 0.1) is 0 Å². The van der Waals surface area contributed by atoms with Gasteiger partial charge in [-0.2, -0.15) is 0 Å². The van der Waals surface area contributed by atoms with Crippen LogP contribution >= 0.6 is 23.2 Å². The lowest BCUT2D eigenvalue weighted by molar-refractivity contribution is -0.124. The molecule has 1 aliphatic heterocycles. The van der Waals surface area contributed by atoms with Crippen molar-refractivity contribution < 1.29 is 13.9 Å². The predicted molar refractivity (Wildman–Crippen MR) is 123 cm³/mol. The third-order valence-electron chi connectivity index (χ3n) is 5.29. The zero-order chi connectivity index (χ0) is 21.6. The second kappa shape index (κ2) is 10.2. The number of ether oxygens (including phenoxy) is 1. The second-order valence-corrected chi connectivity index (χ2v) is 8.51. The summed E-state index contributed by atoms with van der Waals surface area (Å²) in [4.78, 5) is 14.5. The van der Waals surface area contributed by atoms with Crippen molar-refractivity contribution >= 4 is 29.1 Å². The number of benzene rings is 2. The average molecular weight is 459 g/mol. The van der Waals surface area contributed by atoms with Gasteiger partial charge in [0, 0.05) is 34.7 Å². The van der Waals surface area contributed by atoms with Gasteiger partial charge in [-0.15, -0.1) is 0 Å². The Bertz CT molecular complexity index is 1010. The van der Waals surface area contributed by atoms with Gasteiger partial charge < -0.3 is 14.5 Å². The van der Waals surface area contributed by atoms with Crippen molar-refractivity contribution in [1.29, 1.82) is 0 Å². The molecule has 2 heterocycles. The molecule has 2 aromatic carbocycles. The number of rotatable bonds is 7. The highest BCUT2D eigenvalue weighted by Crippen LogP contribution is 2.25. The molecule has 162 valence electrons. The maximum Gasteiger partial charge on any atom is 0.258 e. The monoisotopic (exact) mass is 458 g/mol. The third kappa shape index (κ3) is 6.26. The van der Waals surface area contributed by atoms with Gasteiger partial charge in [0.1, 0.15) is 17.3 Å². The fourth-order valence-electron chi connectivity index (χ4n) is 3.66. The topological polar surface area (TPSA) is 54.7 Å². The van der Waals surface area contributed by atoms with Crippen LogP contribution in [0.2, 0.25) is 10.0 Å². The third-order valence-corrected chi connectivity index (χ3v) is 5.78. The molecule has 1 aromatic heterocycles. The first-order valence-electron chi connectivity index (χ1n) is 10.3. The summed E-state index contributed by atoms with van der Waals surface area (Å²) in [5, 5.41) is 4.36. The number of hydrogen-bond acceptors (Lipinski definition) is 4. The van der Waals surface area contributed by atoms with Crippen molar-refractivity contribution in [3.63, 3.8) is 0 Å². The van der Waals surface area contributed by atoms with E-state index < -0.39 is 0 Å². The van der Waals surface area contributed by atoms with Crippen molar-refractivity contribution in [2.75, 3.05) is 19.7 Å². The summed E-state index contributed by atoms with van der Waals surface area (Å²) in [6, 6.07) is 18.8. The van der Waals surface area contributed by atoms with E-state index in [-0.39, 0.29) is 18.6 Å². The van der Waals surface area contributed by atoms with Crippen LogP contribution in [-0.2, 0) is 11.3 Å². The van der Waals surface area contributed by atoms with Gasteiger partial charge in [-0.1, -0.05) is 29.3 Å². The highest BCUT2D eigenvalue weighted by molar-refractivity contribution is 6.30. The lowest BCUT2D eigenvalue weighted by atomic mass is 10.0. The van der Waals surface area contributed by atoms with E-state index in [2.05, 4.69) is 10.2 Å². The number of halogens is 2. The number of likely N-dealkylation sites (tertiary alicyclic amines) is 1. The van der Waals surface area contributed by atoms with Crippen LogP contribution in [0.15, 0.2) is 65.1 Å². The molecule has 1 fully saturated rings. The summed E-state index contributed by atoms with van der Waals surface area (Å²) in [6.45, 7) is 2.54. The van der Waals surface area contributed by atoms with Crippen molar-refractivity contribution in [3.05, 3.63) is 76.5 Å². The molecule has 5 nitrogen and oxygen atoms in total. The maximum atomic E-state index is 12.2. The highest BCUT2D eigenvalue weighted by atomic mass is 35.5. The quantitative estimate of drug-likeness (QED) is 0.513. The normalized spacial score (nSPS) is 15.0. The Morgan fingerprint density at radius 1 is 1.03 bits per heavy atom. The Balaban J connectivity index is 1.20. The molecule has 3 aromatic rings. The van der Waals surface area contributed by atoms with E-state index in [0.29, 0.717) is 15.8 Å². The molecule has 0 atom stereocenters. The minimum absolute atomic E-state index is 0.0135. The lowest BCUT2D eigenvalue weighted by Gasteiger charge is -2.31. The maximum absolute atomic E-state index is 12.2. The molecule has 0 spiro atoms. The van der Waals surface area contributed by atoms with E-state index in [1.165, 1.54) is 0 Å². The molecule has 0 bridgehead atoms. The Morgan fingerprint density at radius 2 is 1.81 bits per heavy atom. The van der Waals surface area contributed by atoms with Crippen LogP contribution in [0.3, 0.4) is 0 Å². The van der Waals surface area contributed by atoms with E-state index in [1.807, 2.05) is 36.4 Å². The number of furan rings is 1. The molecule has 1 aliphatic rings. The number of carbonyl (C=O) groups excluding carboxylic acids is 1. The first kappa shape index (κ1) is 21.8. The van der Waals surface area contributed by atoms with E-state index in [4.69, 9.17) is 32.4 Å². The highest BCUT2D eigenvalue weighted by Gasteiger charge is 2.21. The molecule has 1 N–H and O–H groups in total. The number of nitrogens with one attached hydrogen (secondary N) is 1. The van der Waals surface area contributed by atoms with E-state index in [9.17, 15) is 4.79 Å². The smallest absolute Gasteiger partial charge is 0.258 e. The molecule has 1 saturated heterocycles. The Labute approximate surface area is 191 Å². The summed E-state index contributed by atoms with van der Waals surface area (Å²) in [5.74, 6) is 2.25. The Morgan fingerprint density at radius 3 is 2.55 bits per heavy atom. The van der Waals surface area contributed by atoms with Gasteiger partial charge in [-0.25, -0.2) is 0 Å². The molecule has 0 aliphatic carbocycles. The first-order chi connectivity index (χ1) is 15.0. The fraction of sp³-hybridized carbons (Fsp3) is 0.292. The summed E-state index contributed by atoms with van der Waals surface area (Å²) in [5.41, 5.74) is 1.01. The SMILES string of the molecule is O=C(COc1cccc(Cl)c1)NC1CCN(Cc2ccc(-c3ccc(Cl)cc3)o2)CC1. The molecule has 0 unspecified atom stereocenters. The van der Waals surface area contributed by atoms with E-state index >= 15 is 0 Å². The van der Waals surface area contributed by atoms with Crippen LogP contribution in [0.4, 0.5) is 0 Å². The Hall–Kier alpha value is -2.47. The van der Waals surface area contributed by atoms with Gasteiger partial charge >= 0.3 is 0 Å². The standard InChI is InChI=1S/C24H24Cl2N2O3/c25-18-6-4-17(5-7-18)23-9-8-22(31-23)15-28-12-10-20(11-13-28)27-24(29)16-30-21-3-1-2-19(26)14-21/h1-9,14,20H,10-13,15-16H2,(H,27,29). The van der Waals surface area contributed by atoms with Gasteiger partial charge in [-0.05, 0) is 67.4 Å². The number of nitrogens with zero attached hydrogens (tertiary/aromatic N) is 1. The van der Waals surface area contributed by atoms with Crippen LogP contribution in [0.5, 0.6) is 5.75 Å². The predicted octanol–water partition coefficient (Wildman–Crippen LogP) is 5.41. The summed E-state index contributed by atoms with van der Waals surface area (Å²) >= 11 is 11.9. The van der Waals surface area contributed by atoms with Crippen LogP contribution in [0.1, 0.15) is 18.6 Å². The van der Waals surface area contributed by atoms with Gasteiger partial charge in [0.2, 0.25) is 0 Å². The van der Waals surface area contributed by atoms with Crippen LogP contribution in [0.25, 0.3) is 11.3 Å². The van der Waals surface area contributed by atoms with Gasteiger partial charge in [0.15, 0.2) is 6.61 Å². The summed E-state index contributed by atoms with van der Waals surface area (Å²) < 4.78 is 11.5. The molecule has 7 heteroatoms. The van der Waals surface area contributed by atoms with E-state index in [1.54, 1.807) is 24.3 Å². The number of carbonyl (C=O) groups is 1. The number of amides is 1. The van der Waals surface area contributed by atoms with Crippen LogP contribution in [-0.4, -0.2) is 36.5 Å². The minimum atomic E-state index is -0.114. The van der Waals surface area contributed by atoms with Gasteiger partial charge in [0.25, 0.3) is 5.91 Å². The summed E-state index contributed by atoms with van der Waals surface area (Å²) in [7, 11) is 0. The molecular formula is C24H24Cl2N2O3. The molecule has 31 heavy (non-hydrogen) atoms. The first-order valence-corrected chi connectivity index (χ1v) is 11.1. The zero-order valence-electron chi connectivity index (χ0n) is 17.0. The number of hydrogen-bond donors (Lipinski definition) is 1. The molecular weight excluding hydrogens is 435 g/mol. The molecule has 1 amide bonds. The lowest BCUT2D eigenvalue weighted by Crippen LogP contribution is -2.45. The van der Waals surface area contributed by atoms with E-state index in [0.717, 1.165) is 49.6 Å². The van der Waals surface area contributed by atoms with Crippen molar-refractivity contribution in [3.8, 4) is 17.1 Å². The van der Waals surface area contributed by atoms with Gasteiger partial charge in [-0.3, -0.25) is 9.69 Å². The van der Waals surface area contributed by atoms with Crippen molar-refractivity contribution in [2.45, 2.75) is 25.4 Å². The van der Waals surface area contributed by atoms with Crippen LogP contribution < -0.4 is 10.1 Å². The number of piperidine rings is 1. The molecule has 0 saturated carbocycles. The molecule has 0 radical (unpaired) electrons. The van der Waals surface area contributed by atoms with Crippen molar-refractivity contribution in [2.24, 2.45) is 0 Å². The van der Waals surface area contributed by atoms with Gasteiger partial charge in [0.05, 0.1) is 6.54 Å². The minimum Gasteiger partial charge on any atom is -0.484 e. The Kier molecular flexibility index (Phi) is 7.17. The largest absolute Gasteiger partial charge is 0.484 e. The van der Waals surface area contributed by atoms with Crippen molar-refractivity contribution in [1.82, 2.24) is 10.2 Å².